The normalized spacial score (nSPS) is 10.5. The summed E-state index contributed by atoms with van der Waals surface area (Å²) in [6.07, 6.45) is 2.66. The number of hydrogen-bond donors (Lipinski definition) is 1. The lowest BCUT2D eigenvalue weighted by molar-refractivity contribution is -0.152. The van der Waals surface area contributed by atoms with E-state index in [1.54, 1.807) is 43.5 Å². The third-order valence-electron chi connectivity index (χ3n) is 3.69. The van der Waals surface area contributed by atoms with Gasteiger partial charge >= 0.3 is 12.0 Å². The molecule has 31 heavy (non-hydrogen) atoms. The van der Waals surface area contributed by atoms with Crippen LogP contribution in [0.25, 0.3) is 11.3 Å². The molecule has 1 heterocycles. The molecule has 1 unspecified atom stereocenters. The number of ether oxygens (including phenoxy) is 2. The summed E-state index contributed by atoms with van der Waals surface area (Å²) >= 11 is 0. The average molecular weight is 426 g/mol. The highest BCUT2D eigenvalue weighted by atomic mass is 16.6. The molecule has 1 N–H and O–H groups in total. The van der Waals surface area contributed by atoms with Crippen molar-refractivity contribution in [1.29, 1.82) is 0 Å². The van der Waals surface area contributed by atoms with E-state index in [9.17, 15) is 9.90 Å². The summed E-state index contributed by atoms with van der Waals surface area (Å²) in [7, 11) is 0. The Morgan fingerprint density at radius 1 is 1.16 bits per heavy atom. The lowest BCUT2D eigenvalue weighted by Crippen LogP contribution is -2.31. The summed E-state index contributed by atoms with van der Waals surface area (Å²) in [4.78, 5) is 16.3. The molecule has 0 saturated heterocycles. The minimum absolute atomic E-state index is 0.000634. The maximum atomic E-state index is 12.2. The highest BCUT2D eigenvalue weighted by Gasteiger charge is 2.25. The molecule has 0 aliphatic heterocycles. The molecule has 0 bridgehead atoms. The Morgan fingerprint density at radius 3 is 2.35 bits per heavy atom. The number of nitrogens with zero attached hydrogens (tertiary/aromatic N) is 1. The topological polar surface area (TPSA) is 81.8 Å². The van der Waals surface area contributed by atoms with Crippen molar-refractivity contribution in [3.63, 3.8) is 0 Å². The highest BCUT2D eigenvalue weighted by molar-refractivity contribution is 5.75. The zero-order chi connectivity index (χ0) is 23.1. The molecule has 3 rings (SSSR count). The fourth-order valence-electron chi connectivity index (χ4n) is 2.42. The number of allylic oxidation sites excluding steroid dienone is 1. The van der Waals surface area contributed by atoms with E-state index >= 15 is 0 Å². The van der Waals surface area contributed by atoms with Crippen LogP contribution in [0, 0.1) is 0 Å². The van der Waals surface area contributed by atoms with Crippen LogP contribution in [0.4, 0.5) is 0 Å². The van der Waals surface area contributed by atoms with Crippen molar-refractivity contribution < 1.29 is 23.8 Å². The van der Waals surface area contributed by atoms with Crippen LogP contribution >= 0.6 is 0 Å². The standard InChI is InChI=1S/C20H19NO5.C3H6.C2H6/c1-2-24-19(23)17(12-14-8-10-16(22)11-9-14)25-20-21-13-18(26-20)15-6-4-3-5-7-15;1-3-2;1-2/h3-11,13,17,22H,2,12H2,1H3;3H,1H2,2H3;1-2H3. The Kier molecular flexibility index (Phi) is 11.9. The molecule has 6 nitrogen and oxygen atoms in total. The van der Waals surface area contributed by atoms with Crippen LogP contribution in [0.5, 0.6) is 11.8 Å². The van der Waals surface area contributed by atoms with Crippen LogP contribution in [-0.2, 0) is 16.0 Å². The molecule has 0 spiro atoms. The second-order valence-electron chi connectivity index (χ2n) is 5.99. The Morgan fingerprint density at radius 2 is 1.77 bits per heavy atom. The number of carbonyl (C=O) groups is 1. The van der Waals surface area contributed by atoms with E-state index < -0.39 is 12.1 Å². The number of benzene rings is 2. The van der Waals surface area contributed by atoms with Gasteiger partial charge in [-0.3, -0.25) is 0 Å². The van der Waals surface area contributed by atoms with Crippen molar-refractivity contribution in [1.82, 2.24) is 4.98 Å². The van der Waals surface area contributed by atoms with Gasteiger partial charge in [0.2, 0.25) is 6.10 Å². The summed E-state index contributed by atoms with van der Waals surface area (Å²) in [6.45, 7) is 11.2. The maximum absolute atomic E-state index is 12.2. The van der Waals surface area contributed by atoms with E-state index in [4.69, 9.17) is 13.9 Å². The van der Waals surface area contributed by atoms with Gasteiger partial charge in [0.15, 0.2) is 5.76 Å². The van der Waals surface area contributed by atoms with Crippen LogP contribution in [0.2, 0.25) is 0 Å². The van der Waals surface area contributed by atoms with E-state index in [1.807, 2.05) is 51.1 Å². The predicted molar refractivity (Wildman–Crippen MR) is 122 cm³/mol. The van der Waals surface area contributed by atoms with Crippen LogP contribution in [-0.4, -0.2) is 28.8 Å². The van der Waals surface area contributed by atoms with Gasteiger partial charge in [-0.25, -0.2) is 4.79 Å². The van der Waals surface area contributed by atoms with Crippen molar-refractivity contribution in [2.75, 3.05) is 6.61 Å². The van der Waals surface area contributed by atoms with Crippen LogP contribution in [0.3, 0.4) is 0 Å². The van der Waals surface area contributed by atoms with Gasteiger partial charge in [-0.1, -0.05) is 62.4 Å². The number of hydrogen-bond acceptors (Lipinski definition) is 6. The first-order valence-electron chi connectivity index (χ1n) is 10.3. The first-order chi connectivity index (χ1) is 15.1. The second kappa shape index (κ2) is 14.4. The summed E-state index contributed by atoms with van der Waals surface area (Å²) in [5.74, 6) is 0.204. The van der Waals surface area contributed by atoms with Gasteiger partial charge in [0.1, 0.15) is 5.75 Å². The summed E-state index contributed by atoms with van der Waals surface area (Å²) < 4.78 is 16.3. The smallest absolute Gasteiger partial charge is 0.394 e. The van der Waals surface area contributed by atoms with E-state index in [-0.39, 0.29) is 24.9 Å². The zero-order valence-electron chi connectivity index (χ0n) is 18.6. The van der Waals surface area contributed by atoms with Gasteiger partial charge in [0.25, 0.3) is 0 Å². The monoisotopic (exact) mass is 425 g/mol. The quantitative estimate of drug-likeness (QED) is 0.379. The lowest BCUT2D eigenvalue weighted by Gasteiger charge is -2.15. The van der Waals surface area contributed by atoms with Gasteiger partial charge < -0.3 is 19.0 Å². The van der Waals surface area contributed by atoms with E-state index in [0.29, 0.717) is 5.76 Å². The number of esters is 1. The first kappa shape index (κ1) is 25.5. The van der Waals surface area contributed by atoms with E-state index in [1.165, 1.54) is 0 Å². The molecule has 3 aromatic rings. The SMILES string of the molecule is C=CC.CC.CCOC(=O)C(Cc1ccc(O)cc1)Oc1ncc(-c2ccccc2)o1. The number of carbonyl (C=O) groups excluding carboxylic acids is 1. The van der Waals surface area contributed by atoms with Crippen molar-refractivity contribution in [3.05, 3.63) is 79.0 Å². The Labute approximate surface area is 184 Å². The predicted octanol–water partition coefficient (Wildman–Crippen LogP) is 5.82. The number of rotatable bonds is 7. The molecule has 1 aromatic heterocycles. The fourth-order valence-corrected chi connectivity index (χ4v) is 2.42. The number of phenols is 1. The van der Waals surface area contributed by atoms with Crippen molar-refractivity contribution in [3.8, 4) is 23.1 Å². The second-order valence-corrected chi connectivity index (χ2v) is 5.99. The highest BCUT2D eigenvalue weighted by Crippen LogP contribution is 2.24. The fraction of sp³-hybridized carbons (Fsp3) is 0.280. The molecular weight excluding hydrogens is 394 g/mol. The van der Waals surface area contributed by atoms with Crippen LogP contribution in [0.1, 0.15) is 33.3 Å². The molecule has 0 amide bonds. The van der Waals surface area contributed by atoms with Gasteiger partial charge in [0, 0.05) is 12.0 Å². The molecule has 0 saturated carbocycles. The molecular formula is C25H31NO5. The lowest BCUT2D eigenvalue weighted by atomic mass is 10.1. The molecule has 0 fully saturated rings. The van der Waals surface area contributed by atoms with Gasteiger partial charge in [-0.05, 0) is 31.5 Å². The summed E-state index contributed by atoms with van der Waals surface area (Å²) in [5, 5.41) is 9.38. The van der Waals surface area contributed by atoms with Crippen molar-refractivity contribution in [2.24, 2.45) is 0 Å². The van der Waals surface area contributed by atoms with E-state index in [2.05, 4.69) is 11.6 Å². The first-order valence-corrected chi connectivity index (χ1v) is 10.3. The Bertz CT molecular complexity index is 888. The maximum Gasteiger partial charge on any atom is 0.394 e. The molecule has 1 atom stereocenters. The zero-order valence-corrected chi connectivity index (χ0v) is 18.6. The number of aromatic nitrogens is 1. The van der Waals surface area contributed by atoms with Crippen LogP contribution in [0.15, 0.2) is 77.9 Å². The van der Waals surface area contributed by atoms with Gasteiger partial charge in [-0.15, -0.1) is 6.58 Å². The molecule has 0 radical (unpaired) electrons. The number of phenolic OH excluding ortho intramolecular Hbond substituents is 1. The number of oxazole rings is 1. The third-order valence-corrected chi connectivity index (χ3v) is 3.69. The molecule has 6 heteroatoms. The van der Waals surface area contributed by atoms with E-state index in [0.717, 1.165) is 11.1 Å². The molecule has 0 aliphatic rings. The van der Waals surface area contributed by atoms with Crippen LogP contribution < -0.4 is 4.74 Å². The van der Waals surface area contributed by atoms with Gasteiger partial charge in [-0.2, -0.15) is 4.98 Å². The minimum Gasteiger partial charge on any atom is -0.508 e. The third kappa shape index (κ3) is 8.78. The molecule has 2 aromatic carbocycles. The van der Waals surface area contributed by atoms with Gasteiger partial charge in [0.05, 0.1) is 12.8 Å². The summed E-state index contributed by atoms with van der Waals surface area (Å²) in [6, 6.07) is 16.0. The summed E-state index contributed by atoms with van der Waals surface area (Å²) in [5.41, 5.74) is 1.68. The van der Waals surface area contributed by atoms with Crippen molar-refractivity contribution in [2.45, 2.75) is 40.2 Å². The average Bonchev–Trinajstić information content (AvgIpc) is 3.26. The largest absolute Gasteiger partial charge is 0.508 e. The number of aromatic hydroxyl groups is 1. The Hall–Kier alpha value is -3.54. The molecule has 0 aliphatic carbocycles. The Balaban J connectivity index is 0.000000884. The van der Waals surface area contributed by atoms with Crippen molar-refractivity contribution >= 4 is 5.97 Å². The minimum atomic E-state index is -0.901. The molecule has 166 valence electrons.